The zero-order chi connectivity index (χ0) is 9.10. The number of hydrogen-bond donors (Lipinski definition) is 0. The normalized spacial score (nSPS) is 32.2. The molecule has 13 heavy (non-hydrogen) atoms. The number of likely N-dealkylation sites (tertiary alicyclic amines) is 1. The van der Waals surface area contributed by atoms with E-state index in [1.54, 1.807) is 0 Å². The predicted octanol–water partition coefficient (Wildman–Crippen LogP) is 2.97. The second-order valence-electron chi connectivity index (χ2n) is 4.47. The van der Waals surface area contributed by atoms with Gasteiger partial charge < -0.3 is 0 Å². The molecule has 1 saturated carbocycles. The van der Waals surface area contributed by atoms with Gasteiger partial charge in [0.15, 0.2) is 0 Å². The minimum atomic E-state index is 0.697. The van der Waals surface area contributed by atoms with Gasteiger partial charge in [-0.1, -0.05) is 25.3 Å². The lowest BCUT2D eigenvalue weighted by Gasteiger charge is -2.34. The number of hydrogen-bond acceptors (Lipinski definition) is 1. The van der Waals surface area contributed by atoms with Gasteiger partial charge in [-0.3, -0.25) is 4.90 Å². The summed E-state index contributed by atoms with van der Waals surface area (Å²) in [6.45, 7) is 5.27. The van der Waals surface area contributed by atoms with Crippen LogP contribution < -0.4 is 0 Å². The van der Waals surface area contributed by atoms with Gasteiger partial charge in [-0.05, 0) is 32.2 Å². The van der Waals surface area contributed by atoms with E-state index in [2.05, 4.69) is 17.6 Å². The Balaban J connectivity index is 1.93. The van der Waals surface area contributed by atoms with E-state index in [-0.39, 0.29) is 0 Å². The molecule has 1 aliphatic heterocycles. The molecule has 0 aromatic carbocycles. The van der Waals surface area contributed by atoms with Crippen molar-refractivity contribution in [3.63, 3.8) is 0 Å². The average Bonchev–Trinajstić information content (AvgIpc) is 2.67. The van der Waals surface area contributed by atoms with Gasteiger partial charge in [0.1, 0.15) is 0 Å². The van der Waals surface area contributed by atoms with Crippen molar-refractivity contribution in [3.05, 3.63) is 12.7 Å². The smallest absolute Gasteiger partial charge is 0.0279 e. The Morgan fingerprint density at radius 3 is 2.46 bits per heavy atom. The lowest BCUT2D eigenvalue weighted by molar-refractivity contribution is 0.163. The monoisotopic (exact) mass is 179 g/mol. The molecule has 0 radical (unpaired) electrons. The van der Waals surface area contributed by atoms with Crippen molar-refractivity contribution in [2.45, 2.75) is 57.0 Å². The quantitative estimate of drug-likeness (QED) is 0.589. The van der Waals surface area contributed by atoms with Gasteiger partial charge >= 0.3 is 0 Å². The average molecular weight is 179 g/mol. The van der Waals surface area contributed by atoms with Crippen LogP contribution in [0.2, 0.25) is 0 Å². The molecule has 1 aliphatic carbocycles. The molecule has 1 atom stereocenters. The first-order valence-corrected chi connectivity index (χ1v) is 5.80. The second-order valence-corrected chi connectivity index (χ2v) is 4.47. The van der Waals surface area contributed by atoms with Crippen LogP contribution in [-0.4, -0.2) is 23.5 Å². The molecule has 0 aromatic heterocycles. The largest absolute Gasteiger partial charge is 0.294 e. The molecule has 0 bridgehead atoms. The van der Waals surface area contributed by atoms with Crippen molar-refractivity contribution >= 4 is 0 Å². The summed E-state index contributed by atoms with van der Waals surface area (Å²) in [6.07, 6.45) is 12.1. The fourth-order valence-corrected chi connectivity index (χ4v) is 2.93. The molecule has 1 unspecified atom stereocenters. The van der Waals surface area contributed by atoms with E-state index in [9.17, 15) is 0 Å². The van der Waals surface area contributed by atoms with Crippen LogP contribution in [0.4, 0.5) is 0 Å². The molecular formula is C12H21N. The summed E-state index contributed by atoms with van der Waals surface area (Å²) in [5.41, 5.74) is 0. The van der Waals surface area contributed by atoms with E-state index >= 15 is 0 Å². The predicted molar refractivity (Wildman–Crippen MR) is 56.8 cm³/mol. The first-order chi connectivity index (χ1) is 6.42. The van der Waals surface area contributed by atoms with Crippen molar-refractivity contribution < 1.29 is 0 Å². The standard InChI is InChI=1S/C12H21N/c1-2-11-9-6-10-13(11)12-7-4-3-5-8-12/h2,11-12H,1,3-10H2. The lowest BCUT2D eigenvalue weighted by Crippen LogP contribution is -2.39. The van der Waals surface area contributed by atoms with Crippen molar-refractivity contribution in [2.24, 2.45) is 0 Å². The van der Waals surface area contributed by atoms with E-state index in [1.807, 2.05) is 0 Å². The van der Waals surface area contributed by atoms with Crippen LogP contribution >= 0.6 is 0 Å². The van der Waals surface area contributed by atoms with Gasteiger partial charge in [-0.25, -0.2) is 0 Å². The maximum absolute atomic E-state index is 3.95. The SMILES string of the molecule is C=CC1CCCN1C1CCCCC1. The maximum atomic E-state index is 3.95. The van der Waals surface area contributed by atoms with E-state index < -0.39 is 0 Å². The molecule has 0 N–H and O–H groups in total. The summed E-state index contributed by atoms with van der Waals surface area (Å²) in [6, 6.07) is 1.59. The van der Waals surface area contributed by atoms with Crippen LogP contribution in [-0.2, 0) is 0 Å². The minimum Gasteiger partial charge on any atom is -0.294 e. The molecule has 0 aromatic rings. The highest BCUT2D eigenvalue weighted by Gasteiger charge is 2.29. The minimum absolute atomic E-state index is 0.697. The van der Waals surface area contributed by atoms with Gasteiger partial charge in [0.25, 0.3) is 0 Å². The molecule has 1 heterocycles. The zero-order valence-corrected chi connectivity index (χ0v) is 8.54. The summed E-state index contributed by atoms with van der Waals surface area (Å²) in [7, 11) is 0. The second kappa shape index (κ2) is 4.28. The summed E-state index contributed by atoms with van der Waals surface area (Å²) in [5, 5.41) is 0. The van der Waals surface area contributed by atoms with Gasteiger partial charge in [-0.2, -0.15) is 0 Å². The molecule has 1 saturated heterocycles. The molecule has 2 rings (SSSR count). The van der Waals surface area contributed by atoms with Gasteiger partial charge in [0.2, 0.25) is 0 Å². The number of nitrogens with zero attached hydrogens (tertiary/aromatic N) is 1. The summed E-state index contributed by atoms with van der Waals surface area (Å²) < 4.78 is 0. The van der Waals surface area contributed by atoms with Crippen LogP contribution in [0.3, 0.4) is 0 Å². The van der Waals surface area contributed by atoms with Crippen LogP contribution in [0.1, 0.15) is 44.9 Å². The fourth-order valence-electron chi connectivity index (χ4n) is 2.93. The highest BCUT2D eigenvalue weighted by atomic mass is 15.2. The third-order valence-corrected chi connectivity index (χ3v) is 3.66. The first kappa shape index (κ1) is 9.26. The van der Waals surface area contributed by atoms with Crippen LogP contribution in [0, 0.1) is 0 Å². The molecule has 2 aliphatic rings. The first-order valence-electron chi connectivity index (χ1n) is 5.80. The molecule has 1 heteroatoms. The molecule has 0 spiro atoms. The summed E-state index contributed by atoms with van der Waals surface area (Å²) >= 11 is 0. The summed E-state index contributed by atoms with van der Waals surface area (Å²) in [4.78, 5) is 2.70. The topological polar surface area (TPSA) is 3.24 Å². The zero-order valence-electron chi connectivity index (χ0n) is 8.54. The van der Waals surface area contributed by atoms with Crippen molar-refractivity contribution in [1.82, 2.24) is 4.90 Å². The van der Waals surface area contributed by atoms with Crippen LogP contribution in [0.5, 0.6) is 0 Å². The molecule has 0 amide bonds. The third-order valence-electron chi connectivity index (χ3n) is 3.66. The fraction of sp³-hybridized carbons (Fsp3) is 0.833. The summed E-state index contributed by atoms with van der Waals surface area (Å²) in [5.74, 6) is 0. The maximum Gasteiger partial charge on any atom is 0.0279 e. The Hall–Kier alpha value is -0.300. The van der Waals surface area contributed by atoms with Gasteiger partial charge in [0.05, 0.1) is 0 Å². The van der Waals surface area contributed by atoms with E-state index in [4.69, 9.17) is 0 Å². The Morgan fingerprint density at radius 1 is 1.00 bits per heavy atom. The van der Waals surface area contributed by atoms with Crippen molar-refractivity contribution in [2.75, 3.05) is 6.54 Å². The molecular weight excluding hydrogens is 158 g/mol. The lowest BCUT2D eigenvalue weighted by atomic mass is 9.94. The Bertz CT molecular complexity index is 170. The Labute approximate surface area is 81.8 Å². The van der Waals surface area contributed by atoms with E-state index in [0.29, 0.717) is 6.04 Å². The van der Waals surface area contributed by atoms with Crippen LogP contribution in [0.25, 0.3) is 0 Å². The van der Waals surface area contributed by atoms with E-state index in [0.717, 1.165) is 6.04 Å². The Morgan fingerprint density at radius 2 is 1.77 bits per heavy atom. The number of rotatable bonds is 2. The van der Waals surface area contributed by atoms with Crippen molar-refractivity contribution in [3.8, 4) is 0 Å². The molecule has 2 fully saturated rings. The third kappa shape index (κ3) is 1.96. The van der Waals surface area contributed by atoms with Crippen LogP contribution in [0.15, 0.2) is 12.7 Å². The Kier molecular flexibility index (Phi) is 3.05. The highest BCUT2D eigenvalue weighted by Crippen LogP contribution is 2.29. The van der Waals surface area contributed by atoms with Gasteiger partial charge in [0, 0.05) is 12.1 Å². The molecule has 74 valence electrons. The van der Waals surface area contributed by atoms with E-state index in [1.165, 1.54) is 51.5 Å². The van der Waals surface area contributed by atoms with Gasteiger partial charge in [-0.15, -0.1) is 6.58 Å². The van der Waals surface area contributed by atoms with Crippen molar-refractivity contribution in [1.29, 1.82) is 0 Å². The highest BCUT2D eigenvalue weighted by molar-refractivity contribution is 4.95. The molecule has 1 nitrogen and oxygen atoms in total.